The van der Waals surface area contributed by atoms with Crippen LogP contribution in [0.5, 0.6) is 11.5 Å². The quantitative estimate of drug-likeness (QED) is 0.383. The summed E-state index contributed by atoms with van der Waals surface area (Å²) < 4.78 is 38.8. The van der Waals surface area contributed by atoms with E-state index in [4.69, 9.17) is 14.5 Å². The van der Waals surface area contributed by atoms with Crippen molar-refractivity contribution in [2.75, 3.05) is 18.9 Å². The van der Waals surface area contributed by atoms with Crippen LogP contribution in [0.4, 0.5) is 5.69 Å². The second-order valence-electron chi connectivity index (χ2n) is 7.05. The van der Waals surface area contributed by atoms with Crippen LogP contribution in [-0.2, 0) is 10.0 Å². The molecule has 0 aliphatic rings. The molecule has 0 fully saturated rings. The van der Waals surface area contributed by atoms with Gasteiger partial charge in [-0.3, -0.25) is 4.72 Å². The largest absolute Gasteiger partial charge is 0.497 e. The van der Waals surface area contributed by atoms with Crippen molar-refractivity contribution < 1.29 is 17.9 Å². The van der Waals surface area contributed by atoms with Crippen molar-refractivity contribution in [3.8, 4) is 33.3 Å². The summed E-state index contributed by atoms with van der Waals surface area (Å²) in [7, 11) is -0.967. The molecule has 0 saturated heterocycles. The molecule has 8 heteroatoms. The average Bonchev–Trinajstić information content (AvgIpc) is 3.29. The fraction of sp³-hybridized carbons (Fsp3) is 0.125. The maximum Gasteiger partial charge on any atom is 0.265 e. The van der Waals surface area contributed by atoms with Crippen molar-refractivity contribution in [3.63, 3.8) is 0 Å². The first kappa shape index (κ1) is 21.9. The molecule has 1 heterocycles. The minimum atomic E-state index is -3.87. The molecule has 1 aromatic heterocycles. The van der Waals surface area contributed by atoms with Crippen LogP contribution in [0.1, 0.15) is 5.56 Å². The van der Waals surface area contributed by atoms with E-state index >= 15 is 0 Å². The predicted molar refractivity (Wildman–Crippen MR) is 128 cm³/mol. The van der Waals surface area contributed by atoms with E-state index in [0.29, 0.717) is 11.4 Å². The summed E-state index contributed by atoms with van der Waals surface area (Å²) in [6.07, 6.45) is 0. The molecular formula is C24H22N2O4S2. The number of aryl methyl sites for hydroxylation is 1. The molecule has 0 amide bonds. The second-order valence-corrected chi connectivity index (χ2v) is 9.56. The number of aromatic nitrogens is 1. The number of rotatable bonds is 7. The number of thiazole rings is 1. The monoisotopic (exact) mass is 466 g/mol. The van der Waals surface area contributed by atoms with Gasteiger partial charge in [-0.15, -0.1) is 11.3 Å². The minimum Gasteiger partial charge on any atom is -0.497 e. The molecule has 0 saturated carbocycles. The molecule has 0 atom stereocenters. The number of anilines is 1. The van der Waals surface area contributed by atoms with Gasteiger partial charge in [-0.2, -0.15) is 0 Å². The zero-order valence-corrected chi connectivity index (χ0v) is 19.5. The van der Waals surface area contributed by atoms with E-state index < -0.39 is 10.0 Å². The molecule has 0 aliphatic carbocycles. The SMILES string of the molecule is COc1ccc(OC)c(S(=O)(=O)Nc2ccc(-c3csc(-c4ccccc4C)n3)cc2)c1. The Balaban J connectivity index is 1.57. The summed E-state index contributed by atoms with van der Waals surface area (Å²) in [5.41, 5.74) is 4.47. The summed E-state index contributed by atoms with van der Waals surface area (Å²) in [6.45, 7) is 2.06. The third-order valence-electron chi connectivity index (χ3n) is 4.97. The Labute approximate surface area is 191 Å². The average molecular weight is 467 g/mol. The Morgan fingerprint density at radius 2 is 1.69 bits per heavy atom. The molecule has 0 spiro atoms. The number of sulfonamides is 1. The second kappa shape index (κ2) is 9.02. The van der Waals surface area contributed by atoms with Gasteiger partial charge in [0, 0.05) is 28.3 Å². The highest BCUT2D eigenvalue weighted by Gasteiger charge is 2.21. The molecule has 0 unspecified atom stereocenters. The fourth-order valence-corrected chi connectivity index (χ4v) is 5.42. The van der Waals surface area contributed by atoms with Gasteiger partial charge in [0.05, 0.1) is 19.9 Å². The Bertz CT molecular complexity index is 1350. The number of benzene rings is 3. The van der Waals surface area contributed by atoms with Crippen LogP contribution >= 0.6 is 11.3 Å². The highest BCUT2D eigenvalue weighted by molar-refractivity contribution is 7.92. The maximum absolute atomic E-state index is 12.9. The lowest BCUT2D eigenvalue weighted by molar-refractivity contribution is 0.392. The topological polar surface area (TPSA) is 77.5 Å². The summed E-state index contributed by atoms with van der Waals surface area (Å²) in [5.74, 6) is 0.663. The van der Waals surface area contributed by atoms with Gasteiger partial charge in [0.1, 0.15) is 21.4 Å². The van der Waals surface area contributed by atoms with E-state index in [2.05, 4.69) is 23.8 Å². The van der Waals surface area contributed by atoms with Gasteiger partial charge in [0.2, 0.25) is 0 Å². The Morgan fingerprint density at radius 3 is 2.38 bits per heavy atom. The van der Waals surface area contributed by atoms with E-state index in [0.717, 1.165) is 21.8 Å². The van der Waals surface area contributed by atoms with Crippen molar-refractivity contribution in [3.05, 3.63) is 77.7 Å². The van der Waals surface area contributed by atoms with E-state index in [1.807, 2.05) is 29.6 Å². The van der Waals surface area contributed by atoms with Crippen LogP contribution in [0.15, 0.2) is 77.0 Å². The molecule has 164 valence electrons. The van der Waals surface area contributed by atoms with Crippen LogP contribution in [0, 0.1) is 6.92 Å². The number of hydrogen-bond acceptors (Lipinski definition) is 6. The van der Waals surface area contributed by atoms with Gasteiger partial charge < -0.3 is 9.47 Å². The first-order chi connectivity index (χ1) is 15.4. The predicted octanol–water partition coefficient (Wildman–Crippen LogP) is 5.60. The van der Waals surface area contributed by atoms with Crippen molar-refractivity contribution in [2.45, 2.75) is 11.8 Å². The smallest absolute Gasteiger partial charge is 0.265 e. The molecule has 4 aromatic rings. The third-order valence-corrected chi connectivity index (χ3v) is 7.25. The minimum absolute atomic E-state index is 0.00537. The molecule has 32 heavy (non-hydrogen) atoms. The standard InChI is InChI=1S/C24H22N2O4S2/c1-16-6-4-5-7-20(16)24-25-21(15-31-24)17-8-10-18(11-9-17)26-32(27,28)23-14-19(29-2)12-13-22(23)30-3/h4-15,26H,1-3H3. The van der Waals surface area contributed by atoms with Crippen molar-refractivity contribution in [1.82, 2.24) is 4.98 Å². The number of hydrogen-bond donors (Lipinski definition) is 1. The molecule has 0 radical (unpaired) electrons. The van der Waals surface area contributed by atoms with Crippen LogP contribution in [0.25, 0.3) is 21.8 Å². The Kier molecular flexibility index (Phi) is 6.16. The molecule has 4 rings (SSSR count). The van der Waals surface area contributed by atoms with Crippen molar-refractivity contribution >= 4 is 27.0 Å². The fourth-order valence-electron chi connectivity index (χ4n) is 3.26. The Morgan fingerprint density at radius 1 is 0.938 bits per heavy atom. The third kappa shape index (κ3) is 4.46. The van der Waals surface area contributed by atoms with E-state index in [1.165, 1.54) is 25.8 Å². The highest BCUT2D eigenvalue weighted by atomic mass is 32.2. The summed E-state index contributed by atoms with van der Waals surface area (Å²) in [6, 6.07) is 19.9. The van der Waals surface area contributed by atoms with Gasteiger partial charge in [0.25, 0.3) is 10.0 Å². The highest BCUT2D eigenvalue weighted by Crippen LogP contribution is 2.32. The summed E-state index contributed by atoms with van der Waals surface area (Å²) >= 11 is 1.58. The van der Waals surface area contributed by atoms with Gasteiger partial charge in [-0.1, -0.05) is 36.4 Å². The summed E-state index contributed by atoms with van der Waals surface area (Å²) in [5, 5.41) is 2.95. The molecular weight excluding hydrogens is 444 g/mol. The number of methoxy groups -OCH3 is 2. The maximum atomic E-state index is 12.9. The van der Waals surface area contributed by atoms with Crippen molar-refractivity contribution in [2.24, 2.45) is 0 Å². The zero-order chi connectivity index (χ0) is 22.7. The molecule has 0 bridgehead atoms. The van der Waals surface area contributed by atoms with E-state index in [9.17, 15) is 8.42 Å². The normalized spacial score (nSPS) is 11.2. The summed E-state index contributed by atoms with van der Waals surface area (Å²) in [4.78, 5) is 4.76. The lowest BCUT2D eigenvalue weighted by Gasteiger charge is -2.13. The molecule has 6 nitrogen and oxygen atoms in total. The first-order valence-corrected chi connectivity index (χ1v) is 12.1. The van der Waals surface area contributed by atoms with Crippen LogP contribution in [0.2, 0.25) is 0 Å². The van der Waals surface area contributed by atoms with Gasteiger partial charge in [-0.05, 0) is 36.8 Å². The zero-order valence-electron chi connectivity index (χ0n) is 17.8. The van der Waals surface area contributed by atoms with Gasteiger partial charge in [-0.25, -0.2) is 13.4 Å². The lowest BCUT2D eigenvalue weighted by atomic mass is 10.1. The van der Waals surface area contributed by atoms with Crippen LogP contribution in [0.3, 0.4) is 0 Å². The molecule has 3 aromatic carbocycles. The van der Waals surface area contributed by atoms with Crippen LogP contribution in [-0.4, -0.2) is 27.6 Å². The van der Waals surface area contributed by atoms with Gasteiger partial charge >= 0.3 is 0 Å². The lowest BCUT2D eigenvalue weighted by Crippen LogP contribution is -2.14. The Hall–Kier alpha value is -3.36. The van der Waals surface area contributed by atoms with Gasteiger partial charge in [0.15, 0.2) is 0 Å². The molecule has 1 N–H and O–H groups in total. The van der Waals surface area contributed by atoms with Crippen LogP contribution < -0.4 is 14.2 Å². The van der Waals surface area contributed by atoms with E-state index in [1.54, 1.807) is 35.6 Å². The van der Waals surface area contributed by atoms with E-state index in [-0.39, 0.29) is 10.6 Å². The van der Waals surface area contributed by atoms with Crippen molar-refractivity contribution in [1.29, 1.82) is 0 Å². The molecule has 0 aliphatic heterocycles. The number of nitrogens with one attached hydrogen (secondary N) is 1. The number of nitrogens with zero attached hydrogens (tertiary/aromatic N) is 1. The first-order valence-electron chi connectivity index (χ1n) is 9.78. The number of ether oxygens (including phenoxy) is 2.